The summed E-state index contributed by atoms with van der Waals surface area (Å²) in [6.45, 7) is 7.95. The Bertz CT molecular complexity index is 874. The molecule has 1 fully saturated rings. The van der Waals surface area contributed by atoms with Crippen LogP contribution in [0.4, 0.5) is 0 Å². The third-order valence-electron chi connectivity index (χ3n) is 5.66. The molecule has 2 N–H and O–H groups in total. The molecule has 0 saturated heterocycles. The minimum atomic E-state index is -1.37. The van der Waals surface area contributed by atoms with Crippen molar-refractivity contribution in [2.45, 2.75) is 45.8 Å². The number of carbonyl (C=O) groups is 2. The average molecular weight is 371 g/mol. The van der Waals surface area contributed by atoms with Gasteiger partial charge >= 0.3 is 5.97 Å². The number of amides is 1. The molecule has 0 spiro atoms. The highest BCUT2D eigenvalue weighted by Gasteiger charge is 2.66. The van der Waals surface area contributed by atoms with E-state index in [1.807, 2.05) is 52.0 Å². The zero-order valence-corrected chi connectivity index (χ0v) is 16.0. The first-order valence-electron chi connectivity index (χ1n) is 9.01. The van der Waals surface area contributed by atoms with Crippen molar-refractivity contribution in [2.24, 2.45) is 5.41 Å². The summed E-state index contributed by atoms with van der Waals surface area (Å²) in [6.07, 6.45) is 3.08. The molecule has 2 unspecified atom stereocenters. The van der Waals surface area contributed by atoms with Gasteiger partial charge in [0.15, 0.2) is 0 Å². The number of carboxylic acids is 1. The lowest BCUT2D eigenvalue weighted by atomic mass is 9.54. The summed E-state index contributed by atoms with van der Waals surface area (Å²) >= 11 is 0. The van der Waals surface area contributed by atoms with Crippen molar-refractivity contribution in [2.75, 3.05) is 6.61 Å². The third kappa shape index (κ3) is 3.02. The van der Waals surface area contributed by atoms with Crippen LogP contribution in [-0.4, -0.2) is 45.0 Å². The highest BCUT2D eigenvalue weighted by atomic mass is 16.5. The lowest BCUT2D eigenvalue weighted by molar-refractivity contribution is -0.190. The Hall–Kier alpha value is -2.67. The Morgan fingerprint density at radius 1 is 1.37 bits per heavy atom. The number of nitrogens with zero attached hydrogens (tertiary/aromatic N) is 2. The summed E-state index contributed by atoms with van der Waals surface area (Å²) in [6, 6.07) is 7.69. The number of aryl methyl sites for hydroxylation is 1. The maximum atomic E-state index is 12.8. The molecule has 2 aromatic rings. The smallest absolute Gasteiger partial charge is 0.330 e. The number of nitrogens with one attached hydrogen (secondary N) is 1. The lowest BCUT2D eigenvalue weighted by Gasteiger charge is -2.58. The van der Waals surface area contributed by atoms with Crippen molar-refractivity contribution in [3.63, 3.8) is 0 Å². The molecule has 0 radical (unpaired) electrons. The van der Waals surface area contributed by atoms with Crippen LogP contribution in [0, 0.1) is 12.3 Å². The van der Waals surface area contributed by atoms with Crippen molar-refractivity contribution >= 4 is 11.9 Å². The second kappa shape index (κ2) is 6.81. The van der Waals surface area contributed by atoms with E-state index in [0.717, 1.165) is 11.3 Å². The molecular weight excluding hydrogens is 346 g/mol. The van der Waals surface area contributed by atoms with Crippen molar-refractivity contribution in [3.05, 3.63) is 47.8 Å². The second-order valence-electron chi connectivity index (χ2n) is 7.49. The highest BCUT2D eigenvalue weighted by molar-refractivity contribution is 5.98. The maximum Gasteiger partial charge on any atom is 0.330 e. The second-order valence-corrected chi connectivity index (χ2v) is 7.49. The molecule has 27 heavy (non-hydrogen) atoms. The molecule has 1 aromatic carbocycles. The monoisotopic (exact) mass is 371 g/mol. The Morgan fingerprint density at radius 3 is 2.67 bits per heavy atom. The average Bonchev–Trinajstić information content (AvgIpc) is 3.10. The van der Waals surface area contributed by atoms with Crippen LogP contribution in [0.2, 0.25) is 0 Å². The van der Waals surface area contributed by atoms with Gasteiger partial charge in [0.2, 0.25) is 0 Å². The van der Waals surface area contributed by atoms with Gasteiger partial charge in [-0.3, -0.25) is 4.79 Å². The first-order chi connectivity index (χ1) is 12.7. The number of carbonyl (C=O) groups excluding carboxylic acids is 1. The van der Waals surface area contributed by atoms with Crippen LogP contribution in [0.15, 0.2) is 36.7 Å². The highest BCUT2D eigenvalue weighted by Crippen LogP contribution is 2.51. The van der Waals surface area contributed by atoms with E-state index >= 15 is 0 Å². The fraction of sp³-hybridized carbons (Fsp3) is 0.450. The number of hydrogen-bond donors (Lipinski definition) is 2. The number of rotatable bonds is 6. The predicted octanol–water partition coefficient (Wildman–Crippen LogP) is 2.57. The maximum absolute atomic E-state index is 12.8. The zero-order chi connectivity index (χ0) is 19.8. The SMILES string of the molecule is CCOC1CC(NC(=O)c2cnn(-c3ccccc3C)c2)(C(=O)O)C1(C)C. The fourth-order valence-electron chi connectivity index (χ4n) is 3.70. The summed E-state index contributed by atoms with van der Waals surface area (Å²) in [5.74, 6) is -1.51. The van der Waals surface area contributed by atoms with Gasteiger partial charge in [0.05, 0.1) is 23.6 Å². The van der Waals surface area contributed by atoms with E-state index in [1.54, 1.807) is 10.9 Å². The normalized spacial score (nSPS) is 23.5. The van der Waals surface area contributed by atoms with Crippen LogP contribution in [0.1, 0.15) is 43.1 Å². The van der Waals surface area contributed by atoms with Crippen LogP contribution >= 0.6 is 0 Å². The molecule has 7 nitrogen and oxygen atoms in total. The van der Waals surface area contributed by atoms with Crippen molar-refractivity contribution in [3.8, 4) is 5.69 Å². The summed E-state index contributed by atoms with van der Waals surface area (Å²) in [7, 11) is 0. The van der Waals surface area contributed by atoms with Crippen LogP contribution in [-0.2, 0) is 9.53 Å². The van der Waals surface area contributed by atoms with Crippen molar-refractivity contribution in [1.29, 1.82) is 0 Å². The molecule has 2 atom stereocenters. The number of benzene rings is 1. The lowest BCUT2D eigenvalue weighted by Crippen LogP contribution is -2.76. The Morgan fingerprint density at radius 2 is 2.07 bits per heavy atom. The Labute approximate surface area is 158 Å². The molecule has 1 aliphatic rings. The van der Waals surface area contributed by atoms with Crippen LogP contribution in [0.3, 0.4) is 0 Å². The number of para-hydroxylation sites is 1. The molecule has 0 bridgehead atoms. The van der Waals surface area contributed by atoms with E-state index in [9.17, 15) is 14.7 Å². The Kier molecular flexibility index (Phi) is 4.82. The van der Waals surface area contributed by atoms with Crippen LogP contribution < -0.4 is 5.32 Å². The third-order valence-corrected chi connectivity index (χ3v) is 5.66. The molecule has 1 aromatic heterocycles. The number of ether oxygens (including phenoxy) is 1. The first kappa shape index (κ1) is 19.1. The van der Waals surface area contributed by atoms with Gasteiger partial charge in [0, 0.05) is 24.6 Å². The van der Waals surface area contributed by atoms with E-state index in [2.05, 4.69) is 10.4 Å². The summed E-state index contributed by atoms with van der Waals surface area (Å²) in [5, 5.41) is 16.8. The molecule has 7 heteroatoms. The van der Waals surface area contributed by atoms with Crippen molar-refractivity contribution in [1.82, 2.24) is 15.1 Å². The van der Waals surface area contributed by atoms with Gasteiger partial charge in [-0.1, -0.05) is 32.0 Å². The molecular formula is C20H25N3O4. The van der Waals surface area contributed by atoms with Crippen LogP contribution in [0.5, 0.6) is 0 Å². The summed E-state index contributed by atoms with van der Waals surface area (Å²) < 4.78 is 7.25. The van der Waals surface area contributed by atoms with Gasteiger partial charge in [-0.15, -0.1) is 0 Å². The van der Waals surface area contributed by atoms with Crippen LogP contribution in [0.25, 0.3) is 5.69 Å². The van der Waals surface area contributed by atoms with E-state index in [4.69, 9.17) is 4.74 Å². The van der Waals surface area contributed by atoms with E-state index < -0.39 is 22.8 Å². The van der Waals surface area contributed by atoms with E-state index in [1.165, 1.54) is 6.20 Å². The van der Waals surface area contributed by atoms with Gasteiger partial charge in [-0.05, 0) is 25.5 Å². The van der Waals surface area contributed by atoms with Gasteiger partial charge < -0.3 is 15.2 Å². The minimum absolute atomic E-state index is 0.214. The summed E-state index contributed by atoms with van der Waals surface area (Å²) in [5.41, 5.74) is 0.110. The molecule has 0 aliphatic heterocycles. The largest absolute Gasteiger partial charge is 0.479 e. The number of hydrogen-bond acceptors (Lipinski definition) is 4. The topological polar surface area (TPSA) is 93.5 Å². The molecule has 1 heterocycles. The standard InChI is InChI=1S/C20H25N3O4/c1-5-27-16-10-20(18(25)26,19(16,3)4)22-17(24)14-11-21-23(12-14)15-9-7-6-8-13(15)2/h6-9,11-12,16H,5,10H2,1-4H3,(H,22,24)(H,25,26). The predicted molar refractivity (Wildman–Crippen MR) is 99.9 cm³/mol. The van der Waals surface area contributed by atoms with Gasteiger partial charge in [0.25, 0.3) is 5.91 Å². The quantitative estimate of drug-likeness (QED) is 0.814. The van der Waals surface area contributed by atoms with Gasteiger partial charge in [0.1, 0.15) is 5.54 Å². The minimum Gasteiger partial charge on any atom is -0.479 e. The molecule has 1 amide bonds. The zero-order valence-electron chi connectivity index (χ0n) is 16.0. The number of carboxylic acid groups (broad SMARTS) is 1. The molecule has 144 valence electrons. The molecule has 1 saturated carbocycles. The molecule has 3 rings (SSSR count). The number of aliphatic carboxylic acids is 1. The van der Waals surface area contributed by atoms with E-state index in [0.29, 0.717) is 12.2 Å². The number of aromatic nitrogens is 2. The van der Waals surface area contributed by atoms with E-state index in [-0.39, 0.29) is 12.5 Å². The Balaban J connectivity index is 1.83. The van der Waals surface area contributed by atoms with Crippen molar-refractivity contribution < 1.29 is 19.4 Å². The first-order valence-corrected chi connectivity index (χ1v) is 9.01. The summed E-state index contributed by atoms with van der Waals surface area (Å²) in [4.78, 5) is 24.8. The van der Waals surface area contributed by atoms with Gasteiger partial charge in [-0.25, -0.2) is 9.48 Å². The fourth-order valence-corrected chi connectivity index (χ4v) is 3.70. The van der Waals surface area contributed by atoms with Gasteiger partial charge in [-0.2, -0.15) is 5.10 Å². The molecule has 1 aliphatic carbocycles.